The number of nitrogens with two attached hydrogens (primary N) is 1. The highest BCUT2D eigenvalue weighted by atomic mass is 19.1. The van der Waals surface area contributed by atoms with Crippen molar-refractivity contribution in [2.45, 2.75) is 13.5 Å². The van der Waals surface area contributed by atoms with E-state index in [0.717, 1.165) is 12.1 Å². The van der Waals surface area contributed by atoms with Gasteiger partial charge in [0.2, 0.25) is 5.89 Å². The van der Waals surface area contributed by atoms with Crippen molar-refractivity contribution in [2.75, 3.05) is 5.73 Å². The Kier molecular flexibility index (Phi) is 3.41. The fourth-order valence-corrected chi connectivity index (χ4v) is 1.44. The number of hydrogen-bond donors (Lipinski definition) is 2. The molecule has 0 unspecified atom stereocenters. The second-order valence-corrected chi connectivity index (χ2v) is 3.74. The number of nitrogen functional groups attached to an aromatic ring is 1. The minimum absolute atomic E-state index is 0.107. The molecule has 0 aliphatic heterocycles. The van der Waals surface area contributed by atoms with Gasteiger partial charge in [-0.2, -0.15) is 4.98 Å². The van der Waals surface area contributed by atoms with E-state index < -0.39 is 23.1 Å². The highest BCUT2D eigenvalue weighted by Gasteiger charge is 2.19. The fraction of sp³-hybridized carbons (Fsp3) is 0.182. The van der Waals surface area contributed by atoms with Gasteiger partial charge < -0.3 is 15.6 Å². The number of carbonyl (C=O) groups excluding carboxylic acids is 1. The zero-order valence-corrected chi connectivity index (χ0v) is 9.91. The maximum atomic E-state index is 13.6. The Hall–Kier alpha value is -2.51. The summed E-state index contributed by atoms with van der Waals surface area (Å²) in [5, 5.41) is 5.81. The molecule has 0 radical (unpaired) electrons. The van der Waals surface area contributed by atoms with Gasteiger partial charge in [-0.05, 0) is 12.1 Å². The maximum Gasteiger partial charge on any atom is 0.257 e. The lowest BCUT2D eigenvalue weighted by Crippen LogP contribution is -2.26. The molecule has 6 nitrogen and oxygen atoms in total. The first-order valence-corrected chi connectivity index (χ1v) is 5.30. The van der Waals surface area contributed by atoms with Crippen LogP contribution in [0.15, 0.2) is 16.7 Å². The van der Waals surface area contributed by atoms with E-state index in [9.17, 15) is 13.6 Å². The van der Waals surface area contributed by atoms with Crippen LogP contribution in [-0.2, 0) is 6.54 Å². The van der Waals surface area contributed by atoms with Gasteiger partial charge in [0.1, 0.15) is 11.4 Å². The van der Waals surface area contributed by atoms with Gasteiger partial charge in [0.15, 0.2) is 11.6 Å². The summed E-state index contributed by atoms with van der Waals surface area (Å²) in [6, 6.07) is 1.97. The molecule has 0 saturated heterocycles. The van der Waals surface area contributed by atoms with Gasteiger partial charge in [0.25, 0.3) is 5.91 Å². The molecular weight excluding hydrogens is 258 g/mol. The SMILES string of the molecule is Cc1nc(CNC(=O)c2c(F)ccc(N)c2F)no1. The van der Waals surface area contributed by atoms with E-state index in [1.54, 1.807) is 6.92 Å². The monoisotopic (exact) mass is 268 g/mol. The third kappa shape index (κ3) is 2.67. The number of aromatic nitrogens is 2. The summed E-state index contributed by atoms with van der Waals surface area (Å²) in [7, 11) is 0. The smallest absolute Gasteiger partial charge is 0.257 e. The summed E-state index contributed by atoms with van der Waals surface area (Å²) in [5.41, 5.74) is 4.24. The molecule has 0 aliphatic rings. The topological polar surface area (TPSA) is 94.0 Å². The molecule has 0 atom stereocenters. The molecule has 100 valence electrons. The van der Waals surface area contributed by atoms with Gasteiger partial charge in [0, 0.05) is 6.92 Å². The fourth-order valence-electron chi connectivity index (χ4n) is 1.44. The van der Waals surface area contributed by atoms with Crippen molar-refractivity contribution in [3.05, 3.63) is 41.0 Å². The van der Waals surface area contributed by atoms with Gasteiger partial charge in [-0.1, -0.05) is 5.16 Å². The minimum Gasteiger partial charge on any atom is -0.396 e. The third-order valence-electron chi connectivity index (χ3n) is 2.32. The Morgan fingerprint density at radius 1 is 1.47 bits per heavy atom. The molecule has 0 fully saturated rings. The zero-order chi connectivity index (χ0) is 14.0. The van der Waals surface area contributed by atoms with E-state index in [4.69, 9.17) is 5.73 Å². The number of nitrogens with zero attached hydrogens (tertiary/aromatic N) is 2. The van der Waals surface area contributed by atoms with Gasteiger partial charge in [0.05, 0.1) is 12.2 Å². The van der Waals surface area contributed by atoms with Crippen LogP contribution < -0.4 is 11.1 Å². The van der Waals surface area contributed by atoms with Crippen molar-refractivity contribution in [1.82, 2.24) is 15.5 Å². The molecule has 1 aromatic heterocycles. The van der Waals surface area contributed by atoms with Crippen molar-refractivity contribution >= 4 is 11.6 Å². The molecule has 1 amide bonds. The lowest BCUT2D eigenvalue weighted by Gasteiger charge is -2.06. The van der Waals surface area contributed by atoms with E-state index >= 15 is 0 Å². The van der Waals surface area contributed by atoms with Crippen molar-refractivity contribution in [1.29, 1.82) is 0 Å². The van der Waals surface area contributed by atoms with Gasteiger partial charge >= 0.3 is 0 Å². The highest BCUT2D eigenvalue weighted by Crippen LogP contribution is 2.18. The number of nitrogens with one attached hydrogen (secondary N) is 1. The van der Waals surface area contributed by atoms with Crippen molar-refractivity contribution in [3.8, 4) is 0 Å². The number of benzene rings is 1. The first-order valence-electron chi connectivity index (χ1n) is 5.30. The molecule has 0 spiro atoms. The molecule has 1 aromatic carbocycles. The predicted molar refractivity (Wildman–Crippen MR) is 61.0 cm³/mol. The summed E-state index contributed by atoms with van der Waals surface area (Å²) < 4.78 is 31.7. The Morgan fingerprint density at radius 3 is 2.84 bits per heavy atom. The Morgan fingerprint density at radius 2 is 2.21 bits per heavy atom. The average Bonchev–Trinajstić information content (AvgIpc) is 2.78. The van der Waals surface area contributed by atoms with E-state index in [1.165, 1.54) is 0 Å². The summed E-state index contributed by atoms with van der Waals surface area (Å²) in [5.74, 6) is -2.50. The van der Waals surface area contributed by atoms with Crippen LogP contribution in [0.1, 0.15) is 22.1 Å². The third-order valence-corrected chi connectivity index (χ3v) is 2.32. The van der Waals surface area contributed by atoms with E-state index in [2.05, 4.69) is 20.0 Å². The summed E-state index contributed by atoms with van der Waals surface area (Å²) in [6.45, 7) is 1.47. The maximum absolute atomic E-state index is 13.6. The van der Waals surface area contributed by atoms with Crippen molar-refractivity contribution < 1.29 is 18.1 Å². The quantitative estimate of drug-likeness (QED) is 0.815. The molecule has 8 heteroatoms. The first-order chi connectivity index (χ1) is 8.99. The van der Waals surface area contributed by atoms with Crippen LogP contribution >= 0.6 is 0 Å². The highest BCUT2D eigenvalue weighted by molar-refractivity contribution is 5.95. The number of amides is 1. The molecule has 0 bridgehead atoms. The van der Waals surface area contributed by atoms with E-state index in [1.807, 2.05) is 0 Å². The number of anilines is 1. The zero-order valence-electron chi connectivity index (χ0n) is 9.91. The molecule has 2 aromatic rings. The van der Waals surface area contributed by atoms with Gasteiger partial charge in [-0.3, -0.25) is 4.79 Å². The summed E-state index contributed by atoms with van der Waals surface area (Å²) in [4.78, 5) is 15.5. The van der Waals surface area contributed by atoms with Crippen LogP contribution in [0.3, 0.4) is 0 Å². The van der Waals surface area contributed by atoms with Crippen LogP contribution in [0.5, 0.6) is 0 Å². The Balaban J connectivity index is 2.14. The predicted octanol–water partition coefficient (Wildman–Crippen LogP) is 1.17. The lowest BCUT2D eigenvalue weighted by molar-refractivity contribution is 0.0941. The van der Waals surface area contributed by atoms with Crippen LogP contribution in [0.25, 0.3) is 0 Å². The minimum atomic E-state index is -1.10. The van der Waals surface area contributed by atoms with Crippen LogP contribution in [0.2, 0.25) is 0 Å². The van der Waals surface area contributed by atoms with Gasteiger partial charge in [-0.15, -0.1) is 0 Å². The molecule has 1 heterocycles. The standard InChI is InChI=1S/C11H10F2N4O2/c1-5-16-8(17-19-5)4-15-11(18)9-6(12)2-3-7(14)10(9)13/h2-3H,4,14H2,1H3,(H,15,18). The molecule has 0 saturated carbocycles. The molecular formula is C11H10F2N4O2. The van der Waals surface area contributed by atoms with Crippen LogP contribution in [0.4, 0.5) is 14.5 Å². The summed E-state index contributed by atoms with van der Waals surface area (Å²) in [6.07, 6.45) is 0. The number of halogens is 2. The van der Waals surface area contributed by atoms with Crippen LogP contribution in [-0.4, -0.2) is 16.0 Å². The number of rotatable bonds is 3. The van der Waals surface area contributed by atoms with Gasteiger partial charge in [-0.25, -0.2) is 8.78 Å². The number of carbonyl (C=O) groups is 1. The van der Waals surface area contributed by atoms with E-state index in [0.29, 0.717) is 5.89 Å². The molecule has 19 heavy (non-hydrogen) atoms. The lowest BCUT2D eigenvalue weighted by atomic mass is 10.1. The Bertz CT molecular complexity index is 627. The van der Waals surface area contributed by atoms with Crippen LogP contribution in [0, 0.1) is 18.6 Å². The number of aryl methyl sites for hydroxylation is 1. The largest absolute Gasteiger partial charge is 0.396 e. The first kappa shape index (κ1) is 12.9. The van der Waals surface area contributed by atoms with E-state index in [-0.39, 0.29) is 18.1 Å². The molecule has 0 aliphatic carbocycles. The Labute approximate surface area is 106 Å². The number of hydrogen-bond acceptors (Lipinski definition) is 5. The van der Waals surface area contributed by atoms with Crippen molar-refractivity contribution in [3.63, 3.8) is 0 Å². The molecule has 3 N–H and O–H groups in total. The molecule has 2 rings (SSSR count). The second-order valence-electron chi connectivity index (χ2n) is 3.74. The summed E-state index contributed by atoms with van der Waals surface area (Å²) >= 11 is 0. The second kappa shape index (κ2) is 5.01. The normalized spacial score (nSPS) is 10.5. The average molecular weight is 268 g/mol. The van der Waals surface area contributed by atoms with Crippen molar-refractivity contribution in [2.24, 2.45) is 0 Å².